The molecule has 0 unspecified atom stereocenters. The smallest absolute Gasteiger partial charge is 0.341 e. The second-order valence-corrected chi connectivity index (χ2v) is 6.02. The zero-order valence-corrected chi connectivity index (χ0v) is 15.1. The Morgan fingerprint density at radius 1 is 1.39 bits per heavy atom. The number of carbonyl (C=O) groups is 1. The maximum atomic E-state index is 14.1. The molecular formula is C18H15ClFN5O3. The van der Waals surface area contributed by atoms with E-state index in [1.165, 1.54) is 16.8 Å². The number of rotatable bonds is 7. The van der Waals surface area contributed by atoms with Gasteiger partial charge in [-0.1, -0.05) is 11.6 Å². The number of carboxylic acids is 1. The van der Waals surface area contributed by atoms with E-state index in [9.17, 15) is 9.18 Å². The van der Waals surface area contributed by atoms with Crippen molar-refractivity contribution in [3.63, 3.8) is 0 Å². The van der Waals surface area contributed by atoms with Crippen LogP contribution in [0.2, 0.25) is 5.02 Å². The van der Waals surface area contributed by atoms with Crippen LogP contribution in [0.15, 0.2) is 42.6 Å². The van der Waals surface area contributed by atoms with Crippen LogP contribution in [0, 0.1) is 11.2 Å². The molecule has 0 aliphatic heterocycles. The Bertz CT molecular complexity index is 1050. The monoisotopic (exact) mass is 403 g/mol. The fourth-order valence-corrected chi connectivity index (χ4v) is 2.69. The summed E-state index contributed by atoms with van der Waals surface area (Å²) in [5.41, 5.74) is 7.49. The Kier molecular flexibility index (Phi) is 5.46. The first-order valence-electron chi connectivity index (χ1n) is 7.94. The molecule has 8 nitrogen and oxygen atoms in total. The number of hydrogen-bond donors (Lipinski definition) is 4. The summed E-state index contributed by atoms with van der Waals surface area (Å²) in [4.78, 5) is 10.5. The minimum absolute atomic E-state index is 0.163. The molecule has 1 aromatic heterocycles. The van der Waals surface area contributed by atoms with Crippen molar-refractivity contribution >= 4 is 41.0 Å². The molecule has 10 heteroatoms. The number of benzene rings is 2. The highest BCUT2D eigenvalue weighted by molar-refractivity contribution is 6.36. The molecule has 0 aliphatic carbocycles. The molecule has 3 aromatic rings. The third kappa shape index (κ3) is 4.04. The molecule has 1 heterocycles. The van der Waals surface area contributed by atoms with E-state index in [1.54, 1.807) is 30.5 Å². The Morgan fingerprint density at radius 3 is 2.86 bits per heavy atom. The zero-order chi connectivity index (χ0) is 20.3. The highest BCUT2D eigenvalue weighted by Gasteiger charge is 2.11. The normalized spacial score (nSPS) is 10.5. The Balaban J connectivity index is 1.80. The van der Waals surface area contributed by atoms with Crippen LogP contribution in [0.25, 0.3) is 5.69 Å². The van der Waals surface area contributed by atoms with Gasteiger partial charge in [0.2, 0.25) is 0 Å². The van der Waals surface area contributed by atoms with Gasteiger partial charge in [-0.05, 0) is 24.3 Å². The number of aromatic nitrogens is 2. The average Bonchev–Trinajstić information content (AvgIpc) is 3.12. The summed E-state index contributed by atoms with van der Waals surface area (Å²) in [6, 6.07) is 8.99. The van der Waals surface area contributed by atoms with E-state index in [0.29, 0.717) is 28.4 Å². The average molecular weight is 404 g/mol. The lowest BCUT2D eigenvalue weighted by Crippen LogP contribution is -2.10. The quantitative estimate of drug-likeness (QED) is 0.353. The van der Waals surface area contributed by atoms with E-state index < -0.39 is 18.4 Å². The van der Waals surface area contributed by atoms with Crippen molar-refractivity contribution in [1.82, 2.24) is 9.78 Å². The molecule has 0 amide bonds. The van der Waals surface area contributed by atoms with Crippen LogP contribution in [-0.4, -0.2) is 33.7 Å². The Labute approximate surface area is 163 Å². The third-order valence-electron chi connectivity index (χ3n) is 3.74. The lowest BCUT2D eigenvalue weighted by atomic mass is 10.1. The van der Waals surface area contributed by atoms with Gasteiger partial charge < -0.3 is 26.3 Å². The topological polar surface area (TPSA) is 126 Å². The molecule has 0 atom stereocenters. The fraction of sp³-hybridized carbons (Fsp3) is 0.0556. The maximum Gasteiger partial charge on any atom is 0.341 e. The van der Waals surface area contributed by atoms with Gasteiger partial charge in [-0.15, -0.1) is 0 Å². The number of nitrogens with zero attached hydrogens (tertiary/aromatic N) is 2. The molecule has 144 valence electrons. The molecule has 0 aliphatic rings. The minimum Gasteiger partial charge on any atom is -0.479 e. The van der Waals surface area contributed by atoms with E-state index >= 15 is 0 Å². The number of hydrogen-bond acceptors (Lipinski definition) is 6. The van der Waals surface area contributed by atoms with E-state index in [1.807, 2.05) is 0 Å². The fourth-order valence-electron chi connectivity index (χ4n) is 2.41. The van der Waals surface area contributed by atoms with Gasteiger partial charge in [-0.25, -0.2) is 13.9 Å². The van der Waals surface area contributed by atoms with Crippen molar-refractivity contribution in [2.24, 2.45) is 0 Å². The molecule has 0 spiro atoms. The summed E-state index contributed by atoms with van der Waals surface area (Å²) < 4.78 is 20.4. The van der Waals surface area contributed by atoms with Crippen LogP contribution >= 0.6 is 11.6 Å². The minimum atomic E-state index is -1.20. The third-order valence-corrected chi connectivity index (χ3v) is 4.15. The number of nitrogens with one attached hydrogen (secondary N) is 2. The highest BCUT2D eigenvalue weighted by atomic mass is 35.5. The lowest BCUT2D eigenvalue weighted by Gasteiger charge is -2.10. The molecule has 0 saturated carbocycles. The van der Waals surface area contributed by atoms with Crippen molar-refractivity contribution in [1.29, 1.82) is 5.41 Å². The van der Waals surface area contributed by atoms with Gasteiger partial charge in [-0.2, -0.15) is 5.10 Å². The number of carboxylic acid groups (broad SMARTS) is 1. The summed E-state index contributed by atoms with van der Waals surface area (Å²) in [5.74, 6) is -1.63. The SMILES string of the molecule is N=Cc1c(N)ccc(Nc2ccn(-c3ccc(OCC(=O)O)c(F)c3)n2)c1Cl. The van der Waals surface area contributed by atoms with Crippen LogP contribution in [-0.2, 0) is 4.79 Å². The summed E-state index contributed by atoms with van der Waals surface area (Å²) in [5, 5.41) is 23.6. The second-order valence-electron chi connectivity index (χ2n) is 5.64. The second kappa shape index (κ2) is 7.97. The predicted molar refractivity (Wildman–Crippen MR) is 104 cm³/mol. The summed E-state index contributed by atoms with van der Waals surface area (Å²) >= 11 is 6.24. The molecule has 2 aromatic carbocycles. The highest BCUT2D eigenvalue weighted by Crippen LogP contribution is 2.31. The number of nitrogens with two attached hydrogens (primary N) is 1. The first-order valence-corrected chi connectivity index (χ1v) is 8.32. The summed E-state index contributed by atoms with van der Waals surface area (Å²) in [6.45, 7) is -0.633. The van der Waals surface area contributed by atoms with E-state index in [0.717, 1.165) is 6.21 Å². The lowest BCUT2D eigenvalue weighted by molar-refractivity contribution is -0.139. The Morgan fingerprint density at radius 2 is 2.18 bits per heavy atom. The number of anilines is 3. The first kappa shape index (κ1) is 19.2. The first-order chi connectivity index (χ1) is 13.4. The van der Waals surface area contributed by atoms with Crippen LogP contribution in [0.4, 0.5) is 21.6 Å². The molecule has 0 saturated heterocycles. The number of ether oxygens (including phenoxy) is 1. The van der Waals surface area contributed by atoms with E-state index in [-0.39, 0.29) is 10.8 Å². The molecule has 5 N–H and O–H groups in total. The number of nitrogen functional groups attached to an aromatic ring is 1. The van der Waals surface area contributed by atoms with Gasteiger partial charge in [-0.3, -0.25) is 0 Å². The van der Waals surface area contributed by atoms with Gasteiger partial charge in [0.05, 0.1) is 16.4 Å². The van der Waals surface area contributed by atoms with Crippen LogP contribution in [0.1, 0.15) is 5.56 Å². The van der Waals surface area contributed by atoms with Crippen molar-refractivity contribution in [2.45, 2.75) is 0 Å². The maximum absolute atomic E-state index is 14.1. The van der Waals surface area contributed by atoms with E-state index in [2.05, 4.69) is 10.4 Å². The molecule has 0 bridgehead atoms. The summed E-state index contributed by atoms with van der Waals surface area (Å²) in [7, 11) is 0. The van der Waals surface area contributed by atoms with Gasteiger partial charge in [0.1, 0.15) is 0 Å². The molecule has 28 heavy (non-hydrogen) atoms. The van der Waals surface area contributed by atoms with Gasteiger partial charge >= 0.3 is 5.97 Å². The van der Waals surface area contributed by atoms with Crippen LogP contribution in [0.5, 0.6) is 5.75 Å². The molecular weight excluding hydrogens is 389 g/mol. The van der Waals surface area contributed by atoms with Gasteiger partial charge in [0.25, 0.3) is 0 Å². The van der Waals surface area contributed by atoms with E-state index in [4.69, 9.17) is 32.6 Å². The van der Waals surface area contributed by atoms with Crippen molar-refractivity contribution < 1.29 is 19.0 Å². The number of aliphatic carboxylic acids is 1. The molecule has 0 radical (unpaired) electrons. The van der Waals surface area contributed by atoms with Crippen molar-refractivity contribution in [2.75, 3.05) is 17.7 Å². The van der Waals surface area contributed by atoms with Crippen molar-refractivity contribution in [3.8, 4) is 11.4 Å². The Hall–Kier alpha value is -3.59. The van der Waals surface area contributed by atoms with Gasteiger partial charge in [0.15, 0.2) is 24.0 Å². The molecule has 3 rings (SSSR count). The number of halogens is 2. The largest absolute Gasteiger partial charge is 0.479 e. The predicted octanol–water partition coefficient (Wildman–Crippen LogP) is 3.45. The summed E-state index contributed by atoms with van der Waals surface area (Å²) in [6.07, 6.45) is 2.68. The molecule has 0 fully saturated rings. The van der Waals surface area contributed by atoms with Crippen LogP contribution < -0.4 is 15.8 Å². The standard InChI is InChI=1S/C18H15ClFN5O3/c19-18-11(8-21)13(22)2-3-14(18)23-16-5-6-25(24-16)10-1-4-15(12(20)7-10)28-9-17(26)27/h1-8,21H,9,22H2,(H,23,24)(H,26,27). The van der Waals surface area contributed by atoms with Crippen LogP contribution in [0.3, 0.4) is 0 Å². The zero-order valence-electron chi connectivity index (χ0n) is 14.3. The van der Waals surface area contributed by atoms with Crippen molar-refractivity contribution in [3.05, 3.63) is 59.0 Å². The van der Waals surface area contributed by atoms with Gasteiger partial charge in [0, 0.05) is 35.8 Å².